The van der Waals surface area contributed by atoms with Gasteiger partial charge in [-0.1, -0.05) is 11.6 Å². The van der Waals surface area contributed by atoms with Gasteiger partial charge in [-0.25, -0.2) is 14.1 Å². The van der Waals surface area contributed by atoms with Gasteiger partial charge in [-0.3, -0.25) is 9.78 Å². The van der Waals surface area contributed by atoms with Crippen molar-refractivity contribution in [3.8, 4) is 11.8 Å². The summed E-state index contributed by atoms with van der Waals surface area (Å²) in [5.41, 5.74) is 0.870. The van der Waals surface area contributed by atoms with Crippen LogP contribution in [0.15, 0.2) is 42.0 Å². The van der Waals surface area contributed by atoms with Crippen LogP contribution in [0.5, 0.6) is 5.75 Å². The first-order chi connectivity index (χ1) is 15.9. The first-order valence-electron chi connectivity index (χ1n) is 9.69. The van der Waals surface area contributed by atoms with Crippen molar-refractivity contribution in [3.05, 3.63) is 58.5 Å². The van der Waals surface area contributed by atoms with Crippen molar-refractivity contribution in [2.24, 2.45) is 0 Å². The summed E-state index contributed by atoms with van der Waals surface area (Å²) >= 11 is 8.91. The third kappa shape index (κ3) is 3.44. The van der Waals surface area contributed by atoms with E-state index in [0.717, 1.165) is 21.1 Å². The maximum atomic E-state index is 14.0. The molecule has 1 saturated heterocycles. The second kappa shape index (κ2) is 8.33. The number of nitrogens with zero attached hydrogens (tertiary/aromatic N) is 4. The Kier molecular flexibility index (Phi) is 5.48. The number of carbonyl (C=O) groups is 2. The lowest BCUT2D eigenvalue weighted by Crippen LogP contribution is -2.62. The molecule has 1 fully saturated rings. The molecule has 33 heavy (non-hydrogen) atoms. The third-order valence-corrected chi connectivity index (χ3v) is 8.08. The number of hydrogen-bond acceptors (Lipinski definition) is 7. The Labute approximate surface area is 201 Å². The first-order valence-corrected chi connectivity index (χ1v) is 11.8. The second-order valence-corrected chi connectivity index (χ2v) is 9.77. The van der Waals surface area contributed by atoms with Crippen LogP contribution in [0.25, 0.3) is 15.0 Å². The smallest absolute Gasteiger partial charge is 0.332 e. The minimum atomic E-state index is -0.701. The van der Waals surface area contributed by atoms with Crippen LogP contribution in [-0.4, -0.2) is 46.8 Å². The van der Waals surface area contributed by atoms with Gasteiger partial charge in [-0.2, -0.15) is 5.26 Å². The number of methoxy groups -OCH3 is 1. The molecule has 2 atom stereocenters. The molecule has 2 aliphatic heterocycles. The fraction of sp³-hybridized carbons (Fsp3) is 0.182. The molecule has 0 N–H and O–H groups in total. The standard InChI is InChI=1S/C22H14ClFN4O3S2/c1-31-17-6-12(13(23)7-14(17)24)18-8-15-20(33-18)21(29)28(22(30)27(15)4-3-25)16-10-26-9-11-2-5-32-19(11)16/h2,5-10,15,20H,4H2,1H3. The molecule has 4 heterocycles. The van der Waals surface area contributed by atoms with E-state index in [9.17, 15) is 19.2 Å². The molecule has 0 radical (unpaired) electrons. The maximum absolute atomic E-state index is 14.0. The van der Waals surface area contributed by atoms with E-state index in [-0.39, 0.29) is 17.3 Å². The molecule has 2 aromatic heterocycles. The molecule has 0 spiro atoms. The number of pyridine rings is 1. The zero-order valence-electron chi connectivity index (χ0n) is 17.0. The summed E-state index contributed by atoms with van der Waals surface area (Å²) < 4.78 is 19.9. The number of thioether (sulfide) groups is 1. The van der Waals surface area contributed by atoms with E-state index in [0.29, 0.717) is 16.2 Å². The number of carbonyl (C=O) groups excluding carboxylic acids is 2. The lowest BCUT2D eigenvalue weighted by molar-refractivity contribution is -0.119. The van der Waals surface area contributed by atoms with Gasteiger partial charge in [0.1, 0.15) is 11.8 Å². The molecule has 0 saturated carbocycles. The molecule has 5 rings (SSSR count). The van der Waals surface area contributed by atoms with Crippen LogP contribution >= 0.6 is 34.7 Å². The number of aromatic nitrogens is 1. The summed E-state index contributed by atoms with van der Waals surface area (Å²) in [5, 5.41) is 11.5. The van der Waals surface area contributed by atoms with Gasteiger partial charge >= 0.3 is 6.03 Å². The number of hydrogen-bond donors (Lipinski definition) is 0. The number of thiophene rings is 1. The van der Waals surface area contributed by atoms with Crippen LogP contribution in [0, 0.1) is 17.1 Å². The molecule has 2 aliphatic rings. The molecular weight excluding hydrogens is 487 g/mol. The number of halogens is 2. The van der Waals surface area contributed by atoms with Gasteiger partial charge < -0.3 is 9.64 Å². The predicted molar refractivity (Wildman–Crippen MR) is 126 cm³/mol. The molecule has 0 bridgehead atoms. The van der Waals surface area contributed by atoms with Gasteiger partial charge in [0, 0.05) is 22.1 Å². The molecule has 7 nitrogen and oxygen atoms in total. The zero-order chi connectivity index (χ0) is 23.3. The van der Waals surface area contributed by atoms with Crippen molar-refractivity contribution < 1.29 is 18.7 Å². The van der Waals surface area contributed by atoms with Crippen molar-refractivity contribution in [2.45, 2.75) is 11.3 Å². The Bertz CT molecular complexity index is 1390. The molecule has 1 aromatic carbocycles. The number of anilines is 1. The van der Waals surface area contributed by atoms with Crippen molar-refractivity contribution in [1.82, 2.24) is 9.88 Å². The van der Waals surface area contributed by atoms with Crippen LogP contribution in [0.3, 0.4) is 0 Å². The summed E-state index contributed by atoms with van der Waals surface area (Å²) in [4.78, 5) is 34.2. The third-order valence-electron chi connectivity index (χ3n) is 5.47. The monoisotopic (exact) mass is 500 g/mol. The number of imide groups is 1. The highest BCUT2D eigenvalue weighted by atomic mass is 35.5. The van der Waals surface area contributed by atoms with Crippen LogP contribution in [0.2, 0.25) is 5.02 Å². The highest BCUT2D eigenvalue weighted by Crippen LogP contribution is 2.48. The predicted octanol–water partition coefficient (Wildman–Crippen LogP) is 4.91. The van der Waals surface area contributed by atoms with Gasteiger partial charge in [-0.15, -0.1) is 23.1 Å². The molecule has 2 unspecified atom stereocenters. The Morgan fingerprint density at radius 3 is 2.91 bits per heavy atom. The highest BCUT2D eigenvalue weighted by Gasteiger charge is 2.50. The SMILES string of the molecule is COc1cc(C2=CC3C(S2)C(=O)N(c2cncc4ccsc24)C(=O)N3CC#N)c(Cl)cc1F. The average molecular weight is 501 g/mol. The zero-order valence-corrected chi connectivity index (χ0v) is 19.4. The molecule has 0 aliphatic carbocycles. The Balaban J connectivity index is 1.58. The summed E-state index contributed by atoms with van der Waals surface area (Å²) in [5.74, 6) is -1.00. The molecular formula is C22H14ClFN4O3S2. The van der Waals surface area contributed by atoms with Crippen LogP contribution in [0.1, 0.15) is 5.56 Å². The summed E-state index contributed by atoms with van der Waals surface area (Å²) in [7, 11) is 1.35. The van der Waals surface area contributed by atoms with Crippen molar-refractivity contribution in [1.29, 1.82) is 5.26 Å². The number of nitriles is 1. The van der Waals surface area contributed by atoms with E-state index in [1.165, 1.54) is 47.4 Å². The first kappa shape index (κ1) is 21.7. The number of amides is 3. The summed E-state index contributed by atoms with van der Waals surface area (Å²) in [6.07, 6.45) is 4.87. The van der Waals surface area contributed by atoms with Crippen molar-refractivity contribution >= 4 is 67.3 Å². The molecule has 11 heteroatoms. The lowest BCUT2D eigenvalue weighted by Gasteiger charge is -2.39. The Morgan fingerprint density at radius 1 is 1.33 bits per heavy atom. The van der Waals surface area contributed by atoms with E-state index < -0.39 is 29.0 Å². The lowest BCUT2D eigenvalue weighted by atomic mass is 10.0. The maximum Gasteiger partial charge on any atom is 0.332 e. The number of rotatable bonds is 4. The van der Waals surface area contributed by atoms with E-state index in [1.807, 2.05) is 17.5 Å². The minimum Gasteiger partial charge on any atom is -0.494 e. The quantitative estimate of drug-likeness (QED) is 0.473. The number of ether oxygens (including phenoxy) is 1. The summed E-state index contributed by atoms with van der Waals surface area (Å²) in [6, 6.07) is 5.24. The Morgan fingerprint density at radius 2 is 2.15 bits per heavy atom. The summed E-state index contributed by atoms with van der Waals surface area (Å²) in [6.45, 7) is -0.206. The number of urea groups is 1. The van der Waals surface area contributed by atoms with Crippen molar-refractivity contribution in [2.75, 3.05) is 18.6 Å². The van der Waals surface area contributed by atoms with Gasteiger partial charge in [0.15, 0.2) is 11.6 Å². The minimum absolute atomic E-state index is 0.0131. The topological polar surface area (TPSA) is 86.5 Å². The highest BCUT2D eigenvalue weighted by molar-refractivity contribution is 8.09. The fourth-order valence-corrected chi connectivity index (χ4v) is 6.49. The number of fused-ring (bicyclic) bond motifs is 2. The van der Waals surface area contributed by atoms with Gasteiger partial charge in [0.2, 0.25) is 0 Å². The van der Waals surface area contributed by atoms with Crippen molar-refractivity contribution in [3.63, 3.8) is 0 Å². The normalized spacial score (nSPS) is 20.1. The van der Waals surface area contributed by atoms with Gasteiger partial charge in [-0.05, 0) is 29.7 Å². The van der Waals surface area contributed by atoms with E-state index in [2.05, 4.69) is 4.98 Å². The van der Waals surface area contributed by atoms with Crippen LogP contribution in [-0.2, 0) is 4.79 Å². The molecule has 3 amide bonds. The van der Waals surface area contributed by atoms with Gasteiger partial charge in [0.05, 0.1) is 40.8 Å². The van der Waals surface area contributed by atoms with Crippen LogP contribution in [0.4, 0.5) is 14.9 Å². The van der Waals surface area contributed by atoms with E-state index >= 15 is 0 Å². The molecule has 3 aromatic rings. The molecule has 166 valence electrons. The van der Waals surface area contributed by atoms with Gasteiger partial charge in [0.25, 0.3) is 5.91 Å². The fourth-order valence-electron chi connectivity index (χ4n) is 3.95. The largest absolute Gasteiger partial charge is 0.494 e. The average Bonchev–Trinajstić information content (AvgIpc) is 3.45. The van der Waals surface area contributed by atoms with E-state index in [1.54, 1.807) is 12.3 Å². The second-order valence-electron chi connectivity index (χ2n) is 7.27. The van der Waals surface area contributed by atoms with E-state index in [4.69, 9.17) is 16.3 Å². The van der Waals surface area contributed by atoms with Crippen LogP contribution < -0.4 is 9.64 Å². The number of benzene rings is 1. The Hall–Kier alpha value is -3.13.